The van der Waals surface area contributed by atoms with Crippen LogP contribution in [0.3, 0.4) is 0 Å². The zero-order valence-corrected chi connectivity index (χ0v) is 10.7. The second kappa shape index (κ2) is 5.89. The molecule has 0 aliphatic rings. The summed E-state index contributed by atoms with van der Waals surface area (Å²) in [5.74, 6) is 0.354. The molecule has 2 aromatic rings. The highest BCUT2D eigenvalue weighted by atomic mass is 32.2. The van der Waals surface area contributed by atoms with Crippen molar-refractivity contribution >= 4 is 11.8 Å². The smallest absolute Gasteiger partial charge is 0.137 e. The van der Waals surface area contributed by atoms with Gasteiger partial charge in [-0.05, 0) is 23.8 Å². The van der Waals surface area contributed by atoms with Crippen molar-refractivity contribution in [2.24, 2.45) is 0 Å². The van der Waals surface area contributed by atoms with Gasteiger partial charge in [-0.3, -0.25) is 0 Å². The van der Waals surface area contributed by atoms with E-state index >= 15 is 0 Å². The van der Waals surface area contributed by atoms with E-state index in [1.807, 2.05) is 24.3 Å². The summed E-state index contributed by atoms with van der Waals surface area (Å²) in [7, 11) is 1.58. The summed E-state index contributed by atoms with van der Waals surface area (Å²) in [6.07, 6.45) is 0. The number of hydrogen-bond acceptors (Lipinski definition) is 3. The van der Waals surface area contributed by atoms with E-state index in [0.717, 1.165) is 4.90 Å². The molecule has 94 valence electrons. The van der Waals surface area contributed by atoms with E-state index < -0.39 is 0 Å². The molecule has 0 bridgehead atoms. The number of rotatable bonds is 4. The Morgan fingerprint density at radius 3 is 2.67 bits per heavy atom. The Morgan fingerprint density at radius 1 is 1.17 bits per heavy atom. The molecule has 2 aromatic carbocycles. The van der Waals surface area contributed by atoms with E-state index in [1.54, 1.807) is 19.2 Å². The normalized spacial score (nSPS) is 10.4. The first-order chi connectivity index (χ1) is 8.76. The number of benzene rings is 2. The van der Waals surface area contributed by atoms with Crippen LogP contribution in [-0.4, -0.2) is 12.2 Å². The van der Waals surface area contributed by atoms with Gasteiger partial charge in [-0.2, -0.15) is 0 Å². The molecule has 0 amide bonds. The van der Waals surface area contributed by atoms with E-state index in [9.17, 15) is 9.50 Å². The molecule has 18 heavy (non-hydrogen) atoms. The molecule has 0 saturated heterocycles. The molecule has 4 heteroatoms. The maximum atomic E-state index is 13.8. The lowest BCUT2D eigenvalue weighted by molar-refractivity contribution is 0.277. The molecule has 0 fully saturated rings. The van der Waals surface area contributed by atoms with E-state index in [-0.39, 0.29) is 12.4 Å². The molecule has 2 nitrogen and oxygen atoms in total. The van der Waals surface area contributed by atoms with Crippen LogP contribution < -0.4 is 4.74 Å². The Kier molecular flexibility index (Phi) is 4.23. The fourth-order valence-corrected chi connectivity index (χ4v) is 2.65. The van der Waals surface area contributed by atoms with Gasteiger partial charge < -0.3 is 9.84 Å². The number of methoxy groups -OCH3 is 1. The highest BCUT2D eigenvalue weighted by Crippen LogP contribution is 2.37. The predicted molar refractivity (Wildman–Crippen MR) is 69.4 cm³/mol. The highest BCUT2D eigenvalue weighted by Gasteiger charge is 2.12. The molecule has 0 saturated carbocycles. The Hall–Kier alpha value is -1.52. The summed E-state index contributed by atoms with van der Waals surface area (Å²) in [6, 6.07) is 12.1. The van der Waals surface area contributed by atoms with Crippen molar-refractivity contribution in [2.75, 3.05) is 7.11 Å². The van der Waals surface area contributed by atoms with Crippen LogP contribution in [0.2, 0.25) is 0 Å². The number of aliphatic hydroxyl groups excluding tert-OH is 1. The molecular weight excluding hydrogens is 251 g/mol. The molecule has 0 aliphatic heterocycles. The zero-order valence-electron chi connectivity index (χ0n) is 9.89. The van der Waals surface area contributed by atoms with Gasteiger partial charge in [0, 0.05) is 0 Å². The van der Waals surface area contributed by atoms with E-state index in [1.165, 1.54) is 17.8 Å². The van der Waals surface area contributed by atoms with Gasteiger partial charge in [0.1, 0.15) is 11.6 Å². The van der Waals surface area contributed by atoms with E-state index in [2.05, 4.69) is 0 Å². The Labute approximate surface area is 109 Å². The molecule has 0 heterocycles. The van der Waals surface area contributed by atoms with Gasteiger partial charge in [-0.25, -0.2) is 4.39 Å². The number of halogens is 1. The van der Waals surface area contributed by atoms with Crippen molar-refractivity contribution in [2.45, 2.75) is 16.4 Å². The first-order valence-corrected chi connectivity index (χ1v) is 6.27. The van der Waals surface area contributed by atoms with Crippen LogP contribution >= 0.6 is 11.8 Å². The van der Waals surface area contributed by atoms with Gasteiger partial charge in [0.2, 0.25) is 0 Å². The molecule has 2 rings (SSSR count). The van der Waals surface area contributed by atoms with Crippen LogP contribution in [0.1, 0.15) is 5.56 Å². The molecule has 0 atom stereocenters. The summed E-state index contributed by atoms with van der Waals surface area (Å²) < 4.78 is 19.0. The molecule has 0 spiro atoms. The average molecular weight is 264 g/mol. The summed E-state index contributed by atoms with van der Waals surface area (Å²) in [5.41, 5.74) is 0.575. The third kappa shape index (κ3) is 2.66. The third-order valence-electron chi connectivity index (χ3n) is 2.50. The fraction of sp³-hybridized carbons (Fsp3) is 0.143. The van der Waals surface area contributed by atoms with Crippen LogP contribution in [-0.2, 0) is 6.61 Å². The van der Waals surface area contributed by atoms with Gasteiger partial charge in [0.25, 0.3) is 0 Å². The quantitative estimate of drug-likeness (QED) is 0.916. The van der Waals surface area contributed by atoms with Gasteiger partial charge in [-0.1, -0.05) is 36.0 Å². The molecule has 0 radical (unpaired) electrons. The minimum atomic E-state index is -0.336. The largest absolute Gasteiger partial charge is 0.496 e. The number of aliphatic hydroxyl groups is 1. The molecule has 0 unspecified atom stereocenters. The van der Waals surface area contributed by atoms with E-state index in [4.69, 9.17) is 4.74 Å². The minimum Gasteiger partial charge on any atom is -0.496 e. The predicted octanol–water partition coefficient (Wildman–Crippen LogP) is 3.48. The lowest BCUT2D eigenvalue weighted by atomic mass is 10.2. The third-order valence-corrected chi connectivity index (χ3v) is 3.72. The van der Waals surface area contributed by atoms with Crippen molar-refractivity contribution in [1.29, 1.82) is 0 Å². The lowest BCUT2D eigenvalue weighted by Gasteiger charge is -2.11. The summed E-state index contributed by atoms with van der Waals surface area (Å²) in [5, 5.41) is 9.24. The maximum absolute atomic E-state index is 13.8. The van der Waals surface area contributed by atoms with Crippen molar-refractivity contribution < 1.29 is 14.2 Å². The molecule has 0 aliphatic carbocycles. The van der Waals surface area contributed by atoms with Gasteiger partial charge in [-0.15, -0.1) is 0 Å². The minimum absolute atomic E-state index is 0.185. The summed E-state index contributed by atoms with van der Waals surface area (Å²) in [6.45, 7) is -0.185. The summed E-state index contributed by atoms with van der Waals surface area (Å²) in [4.78, 5) is 1.25. The zero-order chi connectivity index (χ0) is 13.0. The van der Waals surface area contributed by atoms with Crippen LogP contribution in [0, 0.1) is 5.82 Å². The number of para-hydroxylation sites is 1. The van der Waals surface area contributed by atoms with Crippen molar-refractivity contribution in [3.05, 3.63) is 53.8 Å². The van der Waals surface area contributed by atoms with Gasteiger partial charge >= 0.3 is 0 Å². The average Bonchev–Trinajstić information content (AvgIpc) is 2.41. The lowest BCUT2D eigenvalue weighted by Crippen LogP contribution is -1.92. The summed E-state index contributed by atoms with van der Waals surface area (Å²) >= 11 is 1.26. The monoisotopic (exact) mass is 264 g/mol. The second-order valence-corrected chi connectivity index (χ2v) is 4.69. The van der Waals surface area contributed by atoms with E-state index in [0.29, 0.717) is 16.2 Å². The number of hydrogen-bond donors (Lipinski definition) is 1. The number of ether oxygens (including phenoxy) is 1. The molecular formula is C14H13FO2S. The second-order valence-electron chi connectivity index (χ2n) is 3.64. The molecule has 1 N–H and O–H groups in total. The Bertz CT molecular complexity index is 543. The van der Waals surface area contributed by atoms with Crippen molar-refractivity contribution in [3.8, 4) is 5.75 Å². The first kappa shape index (κ1) is 12.9. The van der Waals surface area contributed by atoms with Crippen LogP contribution in [0.5, 0.6) is 5.75 Å². The fourth-order valence-electron chi connectivity index (χ4n) is 1.61. The maximum Gasteiger partial charge on any atom is 0.137 e. The van der Waals surface area contributed by atoms with Crippen LogP contribution in [0.15, 0.2) is 52.3 Å². The Balaban J connectivity index is 2.39. The molecule has 0 aromatic heterocycles. The first-order valence-electron chi connectivity index (χ1n) is 5.45. The standard InChI is InChI=1S/C14H13FO2S/c1-17-12-7-2-3-8-13(12)18-14-10(9-16)5-4-6-11(14)15/h2-8,16H,9H2,1H3. The van der Waals surface area contributed by atoms with Crippen LogP contribution in [0.25, 0.3) is 0 Å². The van der Waals surface area contributed by atoms with Crippen LogP contribution in [0.4, 0.5) is 4.39 Å². The Morgan fingerprint density at radius 2 is 1.94 bits per heavy atom. The SMILES string of the molecule is COc1ccccc1Sc1c(F)cccc1CO. The van der Waals surface area contributed by atoms with Gasteiger partial charge in [0.05, 0.1) is 23.5 Å². The highest BCUT2D eigenvalue weighted by molar-refractivity contribution is 7.99. The topological polar surface area (TPSA) is 29.5 Å². The van der Waals surface area contributed by atoms with Gasteiger partial charge in [0.15, 0.2) is 0 Å². The van der Waals surface area contributed by atoms with Crippen molar-refractivity contribution in [1.82, 2.24) is 0 Å². The van der Waals surface area contributed by atoms with Crippen molar-refractivity contribution in [3.63, 3.8) is 0 Å².